The highest BCUT2D eigenvalue weighted by Crippen LogP contribution is 2.36. The van der Waals surface area contributed by atoms with Crippen molar-refractivity contribution in [1.29, 1.82) is 0 Å². The summed E-state index contributed by atoms with van der Waals surface area (Å²) in [5, 5.41) is 11.7. The van der Waals surface area contributed by atoms with Gasteiger partial charge >= 0.3 is 5.97 Å². The first kappa shape index (κ1) is 22.2. The molecule has 1 aromatic heterocycles. The van der Waals surface area contributed by atoms with Gasteiger partial charge in [-0.3, -0.25) is 4.79 Å². The predicted octanol–water partition coefficient (Wildman–Crippen LogP) is 3.53. The number of hydrogen-bond acceptors (Lipinski definition) is 6. The van der Waals surface area contributed by atoms with Crippen LogP contribution in [0.4, 0.5) is 5.82 Å². The van der Waals surface area contributed by atoms with Crippen molar-refractivity contribution in [2.75, 3.05) is 11.6 Å². The van der Waals surface area contributed by atoms with Gasteiger partial charge in [-0.2, -0.15) is 0 Å². The maximum Gasteiger partial charge on any atom is 0.356 e. The first-order chi connectivity index (χ1) is 14.1. The number of benzene rings is 1. The number of anilines is 1. The van der Waals surface area contributed by atoms with Crippen molar-refractivity contribution < 1.29 is 23.1 Å². The van der Waals surface area contributed by atoms with E-state index < -0.39 is 21.7 Å². The summed E-state index contributed by atoms with van der Waals surface area (Å²) in [5.41, 5.74) is 0.394. The fraction of sp³-hybridized carbons (Fsp3) is 0.400. The summed E-state index contributed by atoms with van der Waals surface area (Å²) < 4.78 is 23.7. The lowest BCUT2D eigenvalue weighted by atomic mass is 9.87. The number of aromatic nitrogens is 2. The van der Waals surface area contributed by atoms with E-state index in [2.05, 4.69) is 15.3 Å². The van der Waals surface area contributed by atoms with Gasteiger partial charge in [-0.15, -0.1) is 0 Å². The van der Waals surface area contributed by atoms with Gasteiger partial charge in [-0.1, -0.05) is 43.4 Å². The Balaban J connectivity index is 1.87. The number of hydrogen-bond donors (Lipinski definition) is 2. The molecule has 3 rings (SSSR count). The summed E-state index contributed by atoms with van der Waals surface area (Å²) >= 11 is 6.20. The highest BCUT2D eigenvalue weighted by Gasteiger charge is 2.28. The van der Waals surface area contributed by atoms with Gasteiger partial charge < -0.3 is 10.4 Å². The minimum absolute atomic E-state index is 0.0167. The van der Waals surface area contributed by atoms with Crippen molar-refractivity contribution in [3.05, 3.63) is 46.9 Å². The maximum atomic E-state index is 13.1. The number of nitrogens with one attached hydrogen (secondary N) is 1. The lowest BCUT2D eigenvalue weighted by Crippen LogP contribution is -2.24. The van der Waals surface area contributed by atoms with Crippen LogP contribution in [0.1, 0.15) is 54.1 Å². The summed E-state index contributed by atoms with van der Waals surface area (Å²) in [6.07, 6.45) is 8.24. The molecule has 0 bridgehead atoms. The normalized spacial score (nSPS) is 15.7. The van der Waals surface area contributed by atoms with E-state index in [4.69, 9.17) is 16.7 Å². The van der Waals surface area contributed by atoms with Crippen LogP contribution in [-0.4, -0.2) is 41.6 Å². The molecule has 0 aliphatic heterocycles. The van der Waals surface area contributed by atoms with Crippen molar-refractivity contribution in [3.63, 3.8) is 0 Å². The minimum atomic E-state index is -3.48. The average Bonchev–Trinajstić information content (AvgIpc) is 3.18. The van der Waals surface area contributed by atoms with Crippen LogP contribution in [0.25, 0.3) is 0 Å². The molecular formula is C20H22ClN3O5S. The number of rotatable bonds is 7. The third kappa shape index (κ3) is 5.34. The van der Waals surface area contributed by atoms with E-state index in [1.54, 1.807) is 6.07 Å². The molecule has 1 unspecified atom stereocenters. The van der Waals surface area contributed by atoms with E-state index in [0.717, 1.165) is 38.1 Å². The van der Waals surface area contributed by atoms with Crippen LogP contribution in [0.3, 0.4) is 0 Å². The number of sulfone groups is 1. The molecule has 10 heteroatoms. The van der Waals surface area contributed by atoms with Gasteiger partial charge in [-0.25, -0.2) is 23.2 Å². The summed E-state index contributed by atoms with van der Waals surface area (Å²) in [6.45, 7) is 0. The summed E-state index contributed by atoms with van der Waals surface area (Å²) in [7, 11) is -3.48. The summed E-state index contributed by atoms with van der Waals surface area (Å²) in [6, 6.07) is 4.56. The number of carbonyl (C=O) groups excluding carboxylic acids is 1. The third-order valence-corrected chi connectivity index (χ3v) is 6.82. The van der Waals surface area contributed by atoms with Crippen molar-refractivity contribution in [3.8, 4) is 0 Å². The van der Waals surface area contributed by atoms with Crippen LogP contribution >= 0.6 is 11.6 Å². The fourth-order valence-electron chi connectivity index (χ4n) is 3.72. The molecule has 0 radical (unpaired) electrons. The van der Waals surface area contributed by atoms with Gasteiger partial charge in [0.1, 0.15) is 0 Å². The van der Waals surface area contributed by atoms with Crippen LogP contribution in [0, 0.1) is 5.92 Å². The molecule has 2 aromatic rings. The molecule has 1 amide bonds. The lowest BCUT2D eigenvalue weighted by Gasteiger charge is -2.21. The molecule has 1 saturated carbocycles. The zero-order valence-electron chi connectivity index (χ0n) is 16.3. The number of halogens is 1. The zero-order valence-corrected chi connectivity index (χ0v) is 17.9. The molecule has 1 heterocycles. The molecule has 1 aliphatic carbocycles. The monoisotopic (exact) mass is 451 g/mol. The van der Waals surface area contributed by atoms with Crippen LogP contribution < -0.4 is 5.32 Å². The van der Waals surface area contributed by atoms with Crippen molar-refractivity contribution >= 4 is 39.1 Å². The quantitative estimate of drug-likeness (QED) is 0.659. The number of aromatic carboxylic acids is 1. The molecule has 1 atom stereocenters. The van der Waals surface area contributed by atoms with Crippen molar-refractivity contribution in [2.24, 2.45) is 5.92 Å². The van der Waals surface area contributed by atoms with E-state index in [1.165, 1.54) is 18.3 Å². The molecule has 8 nitrogen and oxygen atoms in total. The summed E-state index contributed by atoms with van der Waals surface area (Å²) in [4.78, 5) is 31.7. The first-order valence-corrected chi connectivity index (χ1v) is 11.8. The van der Waals surface area contributed by atoms with Gasteiger partial charge in [-0.05, 0) is 30.0 Å². The number of carboxylic acids is 1. The number of carboxylic acid groups (broad SMARTS) is 1. The van der Waals surface area contributed by atoms with Crippen LogP contribution in [-0.2, 0) is 14.6 Å². The number of nitrogens with zero attached hydrogens (tertiary/aromatic N) is 2. The highest BCUT2D eigenvalue weighted by atomic mass is 35.5. The van der Waals surface area contributed by atoms with Crippen LogP contribution in [0.15, 0.2) is 35.5 Å². The molecule has 1 fully saturated rings. The Labute approximate surface area is 179 Å². The number of carbonyl (C=O) groups is 2. The molecule has 2 N–H and O–H groups in total. The van der Waals surface area contributed by atoms with Crippen molar-refractivity contribution in [2.45, 2.75) is 42.9 Å². The fourth-order valence-corrected chi connectivity index (χ4v) is 5.06. The molecule has 0 spiro atoms. The van der Waals surface area contributed by atoms with Crippen molar-refractivity contribution in [1.82, 2.24) is 9.97 Å². The Morgan fingerprint density at radius 2 is 1.93 bits per heavy atom. The molecule has 1 aliphatic rings. The van der Waals surface area contributed by atoms with E-state index in [0.29, 0.717) is 17.9 Å². The molecule has 160 valence electrons. The molecule has 30 heavy (non-hydrogen) atoms. The molecule has 0 saturated heterocycles. The Kier molecular flexibility index (Phi) is 6.72. The number of amides is 1. The second kappa shape index (κ2) is 9.09. The second-order valence-electron chi connectivity index (χ2n) is 7.48. The van der Waals surface area contributed by atoms with Gasteiger partial charge in [0.15, 0.2) is 21.3 Å². The van der Waals surface area contributed by atoms with E-state index >= 15 is 0 Å². The smallest absolute Gasteiger partial charge is 0.356 e. The van der Waals surface area contributed by atoms with Gasteiger partial charge in [0.05, 0.1) is 28.2 Å². The summed E-state index contributed by atoms with van der Waals surface area (Å²) in [5.74, 6) is -1.57. The standard InChI is InChI=1S/C20H22ClN3O5S/c1-30(28,29)17-7-6-13(9-15(17)21)14(8-12-4-2-3-5-12)19(25)24-18-11-22-16(10-23-18)20(26)27/h6-7,9-12,14H,2-5,8H2,1H3,(H,26,27)(H,23,24,25). The van der Waals surface area contributed by atoms with E-state index in [9.17, 15) is 18.0 Å². The SMILES string of the molecule is CS(=O)(=O)c1ccc(C(CC2CCCC2)C(=O)Nc2cnc(C(=O)O)cn2)cc1Cl. The first-order valence-electron chi connectivity index (χ1n) is 9.51. The molecular weight excluding hydrogens is 430 g/mol. The second-order valence-corrected chi connectivity index (χ2v) is 9.87. The Morgan fingerprint density at radius 1 is 1.23 bits per heavy atom. The van der Waals surface area contributed by atoms with Gasteiger partial charge in [0.2, 0.25) is 5.91 Å². The Bertz CT molecular complexity index is 1050. The van der Waals surface area contributed by atoms with Gasteiger partial charge in [0.25, 0.3) is 0 Å². The Morgan fingerprint density at radius 3 is 2.47 bits per heavy atom. The molecule has 1 aromatic carbocycles. The third-order valence-electron chi connectivity index (χ3n) is 5.24. The van der Waals surface area contributed by atoms with Gasteiger partial charge in [0, 0.05) is 6.26 Å². The van der Waals surface area contributed by atoms with E-state index in [1.807, 2.05) is 0 Å². The topological polar surface area (TPSA) is 126 Å². The predicted molar refractivity (Wildman–Crippen MR) is 111 cm³/mol. The van der Waals surface area contributed by atoms with E-state index in [-0.39, 0.29) is 27.3 Å². The minimum Gasteiger partial charge on any atom is -0.476 e. The van der Waals surface area contributed by atoms with Crippen LogP contribution in [0.2, 0.25) is 5.02 Å². The maximum absolute atomic E-state index is 13.1. The largest absolute Gasteiger partial charge is 0.476 e. The Hall–Kier alpha value is -2.52. The lowest BCUT2D eigenvalue weighted by molar-refractivity contribution is -0.118. The average molecular weight is 452 g/mol. The van der Waals surface area contributed by atoms with Crippen LogP contribution in [0.5, 0.6) is 0 Å². The zero-order chi connectivity index (χ0) is 21.9. The highest BCUT2D eigenvalue weighted by molar-refractivity contribution is 7.90.